The van der Waals surface area contributed by atoms with Gasteiger partial charge in [-0.3, -0.25) is 19.9 Å². The third kappa shape index (κ3) is 3.39. The van der Waals surface area contributed by atoms with E-state index in [0.717, 1.165) is 22.4 Å². The van der Waals surface area contributed by atoms with Gasteiger partial charge in [0.2, 0.25) is 5.91 Å². The monoisotopic (exact) mass is 349 g/mol. The minimum atomic E-state index is -1.15. The number of carbonyl (C=O) groups is 3. The highest BCUT2D eigenvalue weighted by atomic mass is 16.2. The first-order chi connectivity index (χ1) is 12.5. The summed E-state index contributed by atoms with van der Waals surface area (Å²) in [5.41, 5.74) is 3.04. The van der Waals surface area contributed by atoms with E-state index in [2.05, 4.69) is 10.3 Å². The number of urea groups is 1. The van der Waals surface area contributed by atoms with Crippen LogP contribution in [0.1, 0.15) is 18.1 Å². The van der Waals surface area contributed by atoms with Crippen LogP contribution in [0, 0.1) is 12.8 Å². The molecule has 6 heteroatoms. The van der Waals surface area contributed by atoms with Gasteiger partial charge in [-0.25, -0.2) is 9.69 Å². The first-order valence-corrected chi connectivity index (χ1v) is 8.39. The van der Waals surface area contributed by atoms with Crippen molar-refractivity contribution in [3.05, 3.63) is 59.7 Å². The average molecular weight is 349 g/mol. The second kappa shape index (κ2) is 7.31. The second-order valence-electron chi connectivity index (χ2n) is 6.05. The van der Waals surface area contributed by atoms with E-state index < -0.39 is 23.8 Å². The van der Waals surface area contributed by atoms with Crippen molar-refractivity contribution in [1.29, 1.82) is 0 Å². The number of amides is 4. The molecule has 4 amide bonds. The van der Waals surface area contributed by atoms with Gasteiger partial charge in [0.1, 0.15) is 0 Å². The molecule has 3 rings (SSSR count). The fourth-order valence-corrected chi connectivity index (χ4v) is 2.82. The Kier molecular flexibility index (Phi) is 4.93. The number of rotatable bonds is 4. The number of aliphatic imine (C=N–C) groups is 1. The Morgan fingerprint density at radius 3 is 2.62 bits per heavy atom. The molecular formula is C20H19N3O3. The number of nitrogens with one attached hydrogen (secondary N) is 1. The van der Waals surface area contributed by atoms with Gasteiger partial charge in [0.05, 0.1) is 11.4 Å². The molecule has 0 radical (unpaired) electrons. The Bertz CT molecular complexity index is 905. The van der Waals surface area contributed by atoms with Crippen LogP contribution in [0.4, 0.5) is 16.2 Å². The number of imide groups is 2. The predicted octanol–water partition coefficient (Wildman–Crippen LogP) is 3.16. The zero-order valence-electron chi connectivity index (χ0n) is 14.6. The van der Waals surface area contributed by atoms with E-state index in [0.29, 0.717) is 11.4 Å². The molecule has 0 saturated carbocycles. The summed E-state index contributed by atoms with van der Waals surface area (Å²) in [4.78, 5) is 42.4. The van der Waals surface area contributed by atoms with E-state index >= 15 is 0 Å². The number of nitrogens with zero attached hydrogens (tertiary/aromatic N) is 2. The smallest absolute Gasteiger partial charge is 0.276 e. The molecule has 6 nitrogen and oxygen atoms in total. The van der Waals surface area contributed by atoms with E-state index in [1.165, 1.54) is 6.21 Å². The van der Waals surface area contributed by atoms with Gasteiger partial charge in [0.15, 0.2) is 5.92 Å². The van der Waals surface area contributed by atoms with Crippen LogP contribution in [-0.2, 0) is 16.0 Å². The van der Waals surface area contributed by atoms with E-state index in [9.17, 15) is 14.4 Å². The lowest BCUT2D eigenvalue weighted by molar-refractivity contribution is -0.131. The first-order valence-electron chi connectivity index (χ1n) is 8.39. The maximum Gasteiger partial charge on any atom is 0.335 e. The molecular weight excluding hydrogens is 330 g/mol. The third-order valence-corrected chi connectivity index (χ3v) is 4.20. The molecule has 132 valence electrons. The highest BCUT2D eigenvalue weighted by Gasteiger charge is 2.40. The van der Waals surface area contributed by atoms with Crippen molar-refractivity contribution >= 4 is 35.4 Å². The minimum Gasteiger partial charge on any atom is -0.276 e. The maximum absolute atomic E-state index is 12.8. The lowest BCUT2D eigenvalue weighted by Crippen LogP contribution is -2.58. The number of barbiturate groups is 1. The highest BCUT2D eigenvalue weighted by Crippen LogP contribution is 2.23. The van der Waals surface area contributed by atoms with Crippen LogP contribution in [0.3, 0.4) is 0 Å². The Balaban J connectivity index is 1.92. The van der Waals surface area contributed by atoms with E-state index in [4.69, 9.17) is 0 Å². The van der Waals surface area contributed by atoms with Gasteiger partial charge < -0.3 is 0 Å². The Morgan fingerprint density at radius 1 is 1.12 bits per heavy atom. The summed E-state index contributed by atoms with van der Waals surface area (Å²) >= 11 is 0. The lowest BCUT2D eigenvalue weighted by atomic mass is 10.0. The lowest BCUT2D eigenvalue weighted by Gasteiger charge is -2.28. The van der Waals surface area contributed by atoms with Gasteiger partial charge in [-0.1, -0.05) is 37.3 Å². The van der Waals surface area contributed by atoms with E-state index in [1.807, 2.05) is 44.2 Å². The zero-order chi connectivity index (χ0) is 18.7. The average Bonchev–Trinajstić information content (AvgIpc) is 2.61. The molecule has 0 aromatic heterocycles. The summed E-state index contributed by atoms with van der Waals surface area (Å²) in [6.07, 6.45) is 2.09. The number of para-hydroxylation sites is 1. The molecule has 1 fully saturated rings. The molecule has 1 atom stereocenters. The van der Waals surface area contributed by atoms with Crippen LogP contribution in [0.15, 0.2) is 53.5 Å². The van der Waals surface area contributed by atoms with Crippen LogP contribution >= 0.6 is 0 Å². The van der Waals surface area contributed by atoms with Crippen LogP contribution in [-0.4, -0.2) is 24.1 Å². The summed E-state index contributed by atoms with van der Waals surface area (Å²) in [6, 6.07) is 13.8. The van der Waals surface area contributed by atoms with Crippen LogP contribution < -0.4 is 10.2 Å². The fourth-order valence-electron chi connectivity index (χ4n) is 2.82. The number of carbonyl (C=O) groups excluding carboxylic acids is 3. The zero-order valence-corrected chi connectivity index (χ0v) is 14.6. The van der Waals surface area contributed by atoms with Gasteiger partial charge in [-0.15, -0.1) is 0 Å². The largest absolute Gasteiger partial charge is 0.335 e. The van der Waals surface area contributed by atoms with Crippen LogP contribution in [0.2, 0.25) is 0 Å². The number of anilines is 1. The molecule has 2 aromatic rings. The predicted molar refractivity (Wildman–Crippen MR) is 99.7 cm³/mol. The number of aryl methyl sites for hydroxylation is 2. The van der Waals surface area contributed by atoms with Crippen molar-refractivity contribution in [3.8, 4) is 0 Å². The quantitative estimate of drug-likeness (QED) is 0.680. The third-order valence-electron chi connectivity index (χ3n) is 4.20. The van der Waals surface area contributed by atoms with Gasteiger partial charge in [-0.2, -0.15) is 0 Å². The highest BCUT2D eigenvalue weighted by molar-refractivity contribution is 6.32. The number of benzene rings is 2. The summed E-state index contributed by atoms with van der Waals surface area (Å²) in [5, 5.41) is 2.23. The summed E-state index contributed by atoms with van der Waals surface area (Å²) < 4.78 is 0. The molecule has 1 aliphatic rings. The van der Waals surface area contributed by atoms with Crippen LogP contribution in [0.25, 0.3) is 0 Å². The summed E-state index contributed by atoms with van der Waals surface area (Å²) in [6.45, 7) is 3.87. The summed E-state index contributed by atoms with van der Waals surface area (Å²) in [5.74, 6) is -2.43. The van der Waals surface area contributed by atoms with Crippen molar-refractivity contribution in [2.45, 2.75) is 20.3 Å². The van der Waals surface area contributed by atoms with E-state index in [1.54, 1.807) is 18.2 Å². The number of hydrogen-bond acceptors (Lipinski definition) is 4. The fraction of sp³-hybridized carbons (Fsp3) is 0.200. The normalized spacial score (nSPS) is 17.7. The Hall–Kier alpha value is -3.28. The molecule has 1 aliphatic heterocycles. The Morgan fingerprint density at radius 2 is 1.88 bits per heavy atom. The molecule has 2 aromatic carbocycles. The number of hydrogen-bond donors (Lipinski definition) is 1. The van der Waals surface area contributed by atoms with Gasteiger partial charge in [-0.05, 0) is 42.7 Å². The van der Waals surface area contributed by atoms with Gasteiger partial charge in [0, 0.05) is 6.21 Å². The molecule has 0 unspecified atom stereocenters. The SMILES string of the molecule is CCc1ccccc1N=C[C@H]1C(=O)NC(=O)N(c2cccc(C)c2)C1=O. The first kappa shape index (κ1) is 17.5. The minimum absolute atomic E-state index is 0.423. The molecule has 1 saturated heterocycles. The molecule has 0 spiro atoms. The van der Waals surface area contributed by atoms with Crippen molar-refractivity contribution in [3.63, 3.8) is 0 Å². The standard InChI is InChI=1S/C20H19N3O3/c1-3-14-8-4-5-10-17(14)21-12-16-18(24)22-20(26)23(19(16)25)15-9-6-7-13(2)11-15/h4-12,16H,3H2,1-2H3,(H,22,24,26)/t16-/m0/s1. The summed E-state index contributed by atoms with van der Waals surface area (Å²) in [7, 11) is 0. The maximum atomic E-state index is 12.8. The van der Waals surface area contributed by atoms with Crippen molar-refractivity contribution in [1.82, 2.24) is 5.32 Å². The van der Waals surface area contributed by atoms with Crippen molar-refractivity contribution in [2.75, 3.05) is 4.90 Å². The van der Waals surface area contributed by atoms with Crippen molar-refractivity contribution < 1.29 is 14.4 Å². The van der Waals surface area contributed by atoms with Crippen LogP contribution in [0.5, 0.6) is 0 Å². The topological polar surface area (TPSA) is 78.8 Å². The van der Waals surface area contributed by atoms with E-state index in [-0.39, 0.29) is 0 Å². The second-order valence-corrected chi connectivity index (χ2v) is 6.05. The molecule has 0 bridgehead atoms. The molecule has 26 heavy (non-hydrogen) atoms. The van der Waals surface area contributed by atoms with Crippen molar-refractivity contribution in [2.24, 2.45) is 10.9 Å². The molecule has 1 N–H and O–H groups in total. The van der Waals surface area contributed by atoms with Gasteiger partial charge >= 0.3 is 6.03 Å². The Labute approximate surface area is 151 Å². The molecule has 0 aliphatic carbocycles. The van der Waals surface area contributed by atoms with Gasteiger partial charge in [0.25, 0.3) is 5.91 Å². The molecule has 1 heterocycles.